The molecule has 3 amide bonds. The number of nitrogens with zero attached hydrogens (tertiary/aromatic N) is 2. The van der Waals surface area contributed by atoms with Gasteiger partial charge in [0.15, 0.2) is 0 Å². The van der Waals surface area contributed by atoms with Gasteiger partial charge < -0.3 is 5.32 Å². The monoisotopic (exact) mass is 333 g/mol. The van der Waals surface area contributed by atoms with Gasteiger partial charge in [0.05, 0.1) is 6.67 Å². The van der Waals surface area contributed by atoms with Crippen LogP contribution in [0.3, 0.4) is 0 Å². The molecule has 0 aromatic carbocycles. The highest BCUT2D eigenvalue weighted by Gasteiger charge is 2.55. The van der Waals surface area contributed by atoms with Crippen LogP contribution in [0.5, 0.6) is 0 Å². The zero-order valence-corrected chi connectivity index (χ0v) is 14.3. The van der Waals surface area contributed by atoms with Gasteiger partial charge >= 0.3 is 6.03 Å². The molecule has 5 nitrogen and oxygen atoms in total. The molecule has 1 spiro atoms. The van der Waals surface area contributed by atoms with E-state index in [0.29, 0.717) is 6.67 Å². The Hall–Kier alpha value is -1.40. The summed E-state index contributed by atoms with van der Waals surface area (Å²) in [6, 6.07) is 1.95. The van der Waals surface area contributed by atoms with Crippen LogP contribution in [0.25, 0.3) is 0 Å². The molecule has 1 aliphatic carbocycles. The number of rotatable bonds is 2. The first-order valence-electron chi connectivity index (χ1n) is 8.52. The van der Waals surface area contributed by atoms with E-state index < -0.39 is 5.54 Å². The summed E-state index contributed by atoms with van der Waals surface area (Å²) in [6.45, 7) is 4.25. The Morgan fingerprint density at radius 3 is 3.09 bits per heavy atom. The molecule has 0 radical (unpaired) electrons. The van der Waals surface area contributed by atoms with Crippen molar-refractivity contribution in [2.24, 2.45) is 5.92 Å². The van der Waals surface area contributed by atoms with Gasteiger partial charge in [-0.05, 0) is 42.2 Å². The van der Waals surface area contributed by atoms with Crippen LogP contribution in [-0.2, 0) is 17.8 Å². The largest absolute Gasteiger partial charge is 0.326 e. The lowest BCUT2D eigenvalue weighted by molar-refractivity contribution is -0.135. The number of imide groups is 1. The maximum atomic E-state index is 13.0. The van der Waals surface area contributed by atoms with Gasteiger partial charge in [0, 0.05) is 18.0 Å². The third kappa shape index (κ3) is 2.39. The highest BCUT2D eigenvalue weighted by Crippen LogP contribution is 2.38. The molecule has 1 aromatic rings. The minimum absolute atomic E-state index is 0.00850. The summed E-state index contributed by atoms with van der Waals surface area (Å²) in [5, 5.41) is 5.16. The molecule has 3 heterocycles. The third-order valence-corrected chi connectivity index (χ3v) is 6.75. The lowest BCUT2D eigenvalue weighted by Gasteiger charge is -2.37. The van der Waals surface area contributed by atoms with Crippen molar-refractivity contribution < 1.29 is 9.59 Å². The summed E-state index contributed by atoms with van der Waals surface area (Å²) in [7, 11) is 0. The van der Waals surface area contributed by atoms with E-state index >= 15 is 0 Å². The first kappa shape index (κ1) is 15.1. The van der Waals surface area contributed by atoms with E-state index in [1.807, 2.05) is 0 Å². The fourth-order valence-corrected chi connectivity index (χ4v) is 5.14. The van der Waals surface area contributed by atoms with Crippen molar-refractivity contribution in [2.75, 3.05) is 13.2 Å². The van der Waals surface area contributed by atoms with E-state index in [0.717, 1.165) is 45.2 Å². The number of carbonyl (C=O) groups is 2. The summed E-state index contributed by atoms with van der Waals surface area (Å²) < 4.78 is 0. The van der Waals surface area contributed by atoms with Gasteiger partial charge in [0.1, 0.15) is 5.54 Å². The highest BCUT2D eigenvalue weighted by molar-refractivity contribution is 7.10. The van der Waals surface area contributed by atoms with E-state index in [2.05, 4.69) is 28.6 Å². The van der Waals surface area contributed by atoms with Gasteiger partial charge in [-0.25, -0.2) is 9.69 Å². The van der Waals surface area contributed by atoms with E-state index in [-0.39, 0.29) is 17.9 Å². The number of thiophene rings is 1. The second-order valence-electron chi connectivity index (χ2n) is 7.09. The smallest absolute Gasteiger partial charge is 0.323 e. The van der Waals surface area contributed by atoms with E-state index in [1.54, 1.807) is 11.3 Å². The number of carbonyl (C=O) groups excluding carboxylic acids is 2. The number of fused-ring (bicyclic) bond motifs is 1. The van der Waals surface area contributed by atoms with Crippen LogP contribution in [0, 0.1) is 5.92 Å². The van der Waals surface area contributed by atoms with Gasteiger partial charge in [0.2, 0.25) is 0 Å². The summed E-state index contributed by atoms with van der Waals surface area (Å²) in [5.74, 6) is 0.216. The molecule has 2 atom stereocenters. The van der Waals surface area contributed by atoms with Crippen LogP contribution in [0.2, 0.25) is 0 Å². The number of amides is 3. The van der Waals surface area contributed by atoms with Crippen LogP contribution in [0.4, 0.5) is 4.79 Å². The van der Waals surface area contributed by atoms with E-state index in [4.69, 9.17) is 0 Å². The molecule has 2 aliphatic heterocycles. The van der Waals surface area contributed by atoms with Crippen LogP contribution in [-0.4, -0.2) is 40.5 Å². The Balaban J connectivity index is 1.49. The van der Waals surface area contributed by atoms with Gasteiger partial charge in [-0.15, -0.1) is 11.3 Å². The fraction of sp³-hybridized carbons (Fsp3) is 0.647. The minimum Gasteiger partial charge on any atom is -0.323 e. The van der Waals surface area contributed by atoms with Gasteiger partial charge in [-0.1, -0.05) is 19.8 Å². The Morgan fingerprint density at radius 1 is 1.39 bits per heavy atom. The number of hydrogen-bond acceptors (Lipinski definition) is 4. The van der Waals surface area contributed by atoms with Gasteiger partial charge in [0.25, 0.3) is 5.91 Å². The molecular formula is C17H23N3O2S. The zero-order valence-electron chi connectivity index (χ0n) is 13.5. The molecule has 0 unspecified atom stereocenters. The molecule has 6 heteroatoms. The predicted molar refractivity (Wildman–Crippen MR) is 89.0 cm³/mol. The zero-order chi connectivity index (χ0) is 16.0. The number of nitrogens with one attached hydrogen (secondary N) is 1. The lowest BCUT2D eigenvalue weighted by atomic mass is 9.73. The highest BCUT2D eigenvalue weighted by atomic mass is 32.1. The molecule has 23 heavy (non-hydrogen) atoms. The summed E-state index contributed by atoms with van der Waals surface area (Å²) in [4.78, 5) is 30.5. The third-order valence-electron chi connectivity index (χ3n) is 5.73. The van der Waals surface area contributed by atoms with Crippen molar-refractivity contribution in [3.8, 4) is 0 Å². The predicted octanol–water partition coefficient (Wildman–Crippen LogP) is 2.56. The fourth-order valence-electron chi connectivity index (χ4n) is 4.25. The Kier molecular flexibility index (Phi) is 3.69. The number of hydrogen-bond donors (Lipinski definition) is 1. The molecule has 1 saturated carbocycles. The van der Waals surface area contributed by atoms with Crippen molar-refractivity contribution in [3.05, 3.63) is 21.9 Å². The first-order chi connectivity index (χ1) is 11.1. The van der Waals surface area contributed by atoms with Crippen LogP contribution >= 0.6 is 11.3 Å². The first-order valence-corrected chi connectivity index (χ1v) is 9.40. The maximum Gasteiger partial charge on any atom is 0.326 e. The summed E-state index contributed by atoms with van der Waals surface area (Å²) >= 11 is 1.80. The summed E-state index contributed by atoms with van der Waals surface area (Å²) in [5.41, 5.74) is 0.701. The van der Waals surface area contributed by atoms with Crippen molar-refractivity contribution in [3.63, 3.8) is 0 Å². The topological polar surface area (TPSA) is 52.7 Å². The van der Waals surface area contributed by atoms with Crippen LogP contribution in [0.15, 0.2) is 11.4 Å². The second-order valence-corrected chi connectivity index (χ2v) is 8.10. The van der Waals surface area contributed by atoms with Gasteiger partial charge in [-0.2, -0.15) is 0 Å². The molecule has 1 aromatic heterocycles. The quantitative estimate of drug-likeness (QED) is 0.846. The lowest BCUT2D eigenvalue weighted by Crippen LogP contribution is -2.54. The Morgan fingerprint density at radius 2 is 2.26 bits per heavy atom. The maximum absolute atomic E-state index is 13.0. The molecule has 124 valence electrons. The molecule has 2 fully saturated rings. The number of urea groups is 1. The molecular weight excluding hydrogens is 310 g/mol. The normalized spacial score (nSPS) is 31.5. The average Bonchev–Trinajstić information content (AvgIpc) is 3.09. The molecule has 0 bridgehead atoms. The van der Waals surface area contributed by atoms with E-state index in [1.165, 1.54) is 15.3 Å². The van der Waals surface area contributed by atoms with Crippen molar-refractivity contribution in [2.45, 2.75) is 51.1 Å². The van der Waals surface area contributed by atoms with Crippen LogP contribution < -0.4 is 5.32 Å². The molecule has 1 saturated heterocycles. The Bertz CT molecular complexity index is 644. The van der Waals surface area contributed by atoms with Crippen LogP contribution in [0.1, 0.15) is 43.0 Å². The SMILES string of the molecule is C[C@H]1CCCC[C@]12NC(=O)N(CN1CCc3sccc3C1)C2=O. The average molecular weight is 333 g/mol. The van der Waals surface area contributed by atoms with Crippen molar-refractivity contribution in [1.82, 2.24) is 15.1 Å². The Labute approximate surface area is 140 Å². The molecule has 1 N–H and O–H groups in total. The standard InChI is InChI=1S/C17H23N3O2S/c1-12-4-2-3-7-17(12)15(21)20(16(22)18-17)11-19-8-5-14-13(10-19)6-9-23-14/h6,9,12H,2-5,7-8,10-11H2,1H3,(H,18,22)/t12-,17-/m0/s1. The van der Waals surface area contributed by atoms with Crippen molar-refractivity contribution >= 4 is 23.3 Å². The van der Waals surface area contributed by atoms with Gasteiger partial charge in [-0.3, -0.25) is 9.69 Å². The minimum atomic E-state index is -0.640. The van der Waals surface area contributed by atoms with Crippen molar-refractivity contribution in [1.29, 1.82) is 0 Å². The molecule has 4 rings (SSSR count). The second kappa shape index (κ2) is 5.60. The molecule has 3 aliphatic rings. The summed E-state index contributed by atoms with van der Waals surface area (Å²) in [6.07, 6.45) is 4.98. The van der Waals surface area contributed by atoms with E-state index in [9.17, 15) is 9.59 Å².